The summed E-state index contributed by atoms with van der Waals surface area (Å²) in [5.74, 6) is 0.459. The molecule has 1 aliphatic heterocycles. The van der Waals surface area contributed by atoms with Crippen LogP contribution in [0.4, 0.5) is 0 Å². The van der Waals surface area contributed by atoms with Crippen LogP contribution in [-0.4, -0.2) is 45.8 Å². The fourth-order valence-corrected chi connectivity index (χ4v) is 3.96. The van der Waals surface area contributed by atoms with E-state index in [0.717, 1.165) is 19.3 Å². The van der Waals surface area contributed by atoms with Crippen LogP contribution in [0.15, 0.2) is 65.3 Å². The number of amides is 1. The third-order valence-electron chi connectivity index (χ3n) is 5.66. The van der Waals surface area contributed by atoms with E-state index in [1.807, 2.05) is 18.3 Å². The number of likely N-dealkylation sites (tertiary alicyclic amines) is 1. The number of piperidine rings is 1. The molecule has 0 spiro atoms. The maximum atomic E-state index is 12.8. The van der Waals surface area contributed by atoms with E-state index >= 15 is 0 Å². The number of benzene rings is 1. The van der Waals surface area contributed by atoms with E-state index in [-0.39, 0.29) is 11.7 Å². The maximum absolute atomic E-state index is 12.8. The second-order valence-corrected chi connectivity index (χ2v) is 7.98. The van der Waals surface area contributed by atoms with Gasteiger partial charge in [-0.05, 0) is 55.9 Å². The zero-order valence-corrected chi connectivity index (χ0v) is 17.6. The van der Waals surface area contributed by atoms with Gasteiger partial charge in [0.25, 0.3) is 5.91 Å². The first-order valence-electron chi connectivity index (χ1n) is 10.7. The van der Waals surface area contributed by atoms with Crippen molar-refractivity contribution in [1.82, 2.24) is 14.7 Å². The second kappa shape index (κ2) is 9.64. The van der Waals surface area contributed by atoms with Crippen LogP contribution in [0.1, 0.15) is 41.6 Å². The average Bonchev–Trinajstić information content (AvgIpc) is 3.47. The second-order valence-electron chi connectivity index (χ2n) is 7.98. The summed E-state index contributed by atoms with van der Waals surface area (Å²) in [4.78, 5) is 27.0. The molecule has 0 aliphatic carbocycles. The zero-order chi connectivity index (χ0) is 21.6. The molecule has 7 nitrogen and oxygen atoms in total. The molecule has 3 aromatic rings. The van der Waals surface area contributed by atoms with Gasteiger partial charge in [0.15, 0.2) is 6.10 Å². The number of esters is 1. The molecular weight excluding hydrogens is 394 g/mol. The first kappa shape index (κ1) is 20.9. The van der Waals surface area contributed by atoms with Gasteiger partial charge in [-0.25, -0.2) is 4.79 Å². The summed E-state index contributed by atoms with van der Waals surface area (Å²) in [5, 5.41) is 4.11. The van der Waals surface area contributed by atoms with Crippen molar-refractivity contribution in [3.05, 3.63) is 78.0 Å². The molecule has 0 bridgehead atoms. The van der Waals surface area contributed by atoms with Crippen molar-refractivity contribution >= 4 is 11.9 Å². The lowest BCUT2D eigenvalue weighted by Gasteiger charge is -2.33. The van der Waals surface area contributed by atoms with Gasteiger partial charge in [-0.1, -0.05) is 30.3 Å². The summed E-state index contributed by atoms with van der Waals surface area (Å²) in [6.07, 6.45) is 5.58. The van der Waals surface area contributed by atoms with Gasteiger partial charge >= 0.3 is 5.97 Å². The normalized spacial score (nSPS) is 15.6. The third-order valence-corrected chi connectivity index (χ3v) is 5.66. The summed E-state index contributed by atoms with van der Waals surface area (Å²) in [5.41, 5.74) is 1.33. The van der Waals surface area contributed by atoms with Gasteiger partial charge in [0.1, 0.15) is 5.76 Å². The van der Waals surface area contributed by atoms with Gasteiger partial charge < -0.3 is 14.1 Å². The maximum Gasteiger partial charge on any atom is 0.375 e. The average molecular weight is 421 g/mol. The molecule has 0 radical (unpaired) electrons. The minimum absolute atomic E-state index is 0.0865. The molecule has 3 heterocycles. The van der Waals surface area contributed by atoms with Crippen molar-refractivity contribution in [1.29, 1.82) is 0 Å². The van der Waals surface area contributed by atoms with Gasteiger partial charge in [-0.15, -0.1) is 0 Å². The van der Waals surface area contributed by atoms with E-state index in [4.69, 9.17) is 9.15 Å². The summed E-state index contributed by atoms with van der Waals surface area (Å²) in [6.45, 7) is 3.41. The lowest BCUT2D eigenvalue weighted by atomic mass is 9.90. The van der Waals surface area contributed by atoms with Crippen molar-refractivity contribution in [2.75, 3.05) is 13.1 Å². The van der Waals surface area contributed by atoms with E-state index in [0.29, 0.717) is 31.3 Å². The Morgan fingerprint density at radius 2 is 1.90 bits per heavy atom. The summed E-state index contributed by atoms with van der Waals surface area (Å²) >= 11 is 0. The third kappa shape index (κ3) is 5.42. The van der Waals surface area contributed by atoms with Gasteiger partial charge in [0.2, 0.25) is 5.76 Å². The van der Waals surface area contributed by atoms with Crippen LogP contribution < -0.4 is 0 Å². The first-order chi connectivity index (χ1) is 15.1. The number of furan rings is 1. The molecule has 2 aromatic heterocycles. The number of carbonyl (C=O) groups is 2. The number of hydrogen-bond acceptors (Lipinski definition) is 5. The van der Waals surface area contributed by atoms with Gasteiger partial charge in [-0.3, -0.25) is 9.48 Å². The highest BCUT2D eigenvalue weighted by Gasteiger charge is 2.29. The van der Waals surface area contributed by atoms with E-state index in [2.05, 4.69) is 29.4 Å². The van der Waals surface area contributed by atoms with Crippen LogP contribution in [0.25, 0.3) is 0 Å². The predicted octanol–water partition coefficient (Wildman–Crippen LogP) is 3.55. The molecule has 1 saturated heterocycles. The quantitative estimate of drug-likeness (QED) is 0.545. The van der Waals surface area contributed by atoms with E-state index in [9.17, 15) is 9.59 Å². The fourth-order valence-electron chi connectivity index (χ4n) is 3.96. The summed E-state index contributed by atoms with van der Waals surface area (Å²) in [7, 11) is 0. The van der Waals surface area contributed by atoms with Crippen molar-refractivity contribution in [3.8, 4) is 0 Å². The predicted molar refractivity (Wildman–Crippen MR) is 114 cm³/mol. The summed E-state index contributed by atoms with van der Waals surface area (Å²) in [6, 6.07) is 15.5. The lowest BCUT2D eigenvalue weighted by Crippen LogP contribution is -2.44. The van der Waals surface area contributed by atoms with E-state index in [1.165, 1.54) is 5.56 Å². The number of aromatic nitrogens is 2. The fraction of sp³-hybridized carbons (Fsp3) is 0.375. The van der Waals surface area contributed by atoms with Crippen LogP contribution in [0, 0.1) is 5.92 Å². The van der Waals surface area contributed by atoms with E-state index < -0.39 is 12.1 Å². The molecule has 0 saturated carbocycles. The molecule has 1 fully saturated rings. The Morgan fingerprint density at radius 1 is 1.13 bits per heavy atom. The molecule has 4 rings (SSSR count). The topological polar surface area (TPSA) is 77.6 Å². The Labute approximate surface area is 181 Å². The number of ether oxygens (including phenoxy) is 1. The molecule has 1 amide bonds. The molecule has 162 valence electrons. The van der Waals surface area contributed by atoms with Crippen molar-refractivity contribution in [2.24, 2.45) is 5.92 Å². The Balaban J connectivity index is 1.25. The molecule has 1 unspecified atom stereocenters. The van der Waals surface area contributed by atoms with Crippen molar-refractivity contribution in [2.45, 2.75) is 38.8 Å². The molecule has 7 heteroatoms. The number of rotatable bonds is 7. The molecular formula is C24H27N3O4. The molecule has 1 aromatic carbocycles. The SMILES string of the molecule is CC(OC(=O)c1ccc(Cn2cccn2)o1)C(=O)N1CCC(Cc2ccccc2)CC1. The minimum atomic E-state index is -0.849. The van der Waals surface area contributed by atoms with Crippen LogP contribution in [-0.2, 0) is 22.5 Å². The number of nitrogens with zero attached hydrogens (tertiary/aromatic N) is 3. The standard InChI is InChI=1S/C24H27N3O4/c1-18(30-24(29)22-9-8-21(31-22)17-27-13-5-12-25-27)23(28)26-14-10-20(11-15-26)16-19-6-3-2-4-7-19/h2-9,12-13,18,20H,10-11,14-17H2,1H3. The van der Waals surface area contributed by atoms with E-state index in [1.54, 1.807) is 34.8 Å². The van der Waals surface area contributed by atoms with Gasteiger partial charge in [0, 0.05) is 25.5 Å². The highest BCUT2D eigenvalue weighted by molar-refractivity contribution is 5.90. The van der Waals surface area contributed by atoms with Gasteiger partial charge in [0.05, 0.1) is 6.54 Å². The smallest absolute Gasteiger partial charge is 0.375 e. The van der Waals surface area contributed by atoms with Crippen molar-refractivity contribution < 1.29 is 18.7 Å². The summed E-state index contributed by atoms with van der Waals surface area (Å²) < 4.78 is 12.6. The Kier molecular flexibility index (Phi) is 6.50. The zero-order valence-electron chi connectivity index (χ0n) is 17.6. The molecule has 1 aliphatic rings. The number of carbonyl (C=O) groups excluding carboxylic acids is 2. The highest BCUT2D eigenvalue weighted by atomic mass is 16.6. The Morgan fingerprint density at radius 3 is 2.61 bits per heavy atom. The van der Waals surface area contributed by atoms with Gasteiger partial charge in [-0.2, -0.15) is 5.10 Å². The highest BCUT2D eigenvalue weighted by Crippen LogP contribution is 2.22. The Bertz CT molecular complexity index is 989. The minimum Gasteiger partial charge on any atom is -0.452 e. The lowest BCUT2D eigenvalue weighted by molar-refractivity contribution is -0.141. The Hall–Kier alpha value is -3.35. The van der Waals surface area contributed by atoms with Crippen LogP contribution >= 0.6 is 0 Å². The van der Waals surface area contributed by atoms with Crippen LogP contribution in [0.3, 0.4) is 0 Å². The first-order valence-corrected chi connectivity index (χ1v) is 10.7. The monoisotopic (exact) mass is 421 g/mol. The van der Waals surface area contributed by atoms with Crippen LogP contribution in [0.5, 0.6) is 0 Å². The van der Waals surface area contributed by atoms with Crippen molar-refractivity contribution in [3.63, 3.8) is 0 Å². The largest absolute Gasteiger partial charge is 0.452 e. The van der Waals surface area contributed by atoms with Crippen LogP contribution in [0.2, 0.25) is 0 Å². The number of hydrogen-bond donors (Lipinski definition) is 0. The molecule has 31 heavy (non-hydrogen) atoms. The molecule has 1 atom stereocenters. The molecule has 0 N–H and O–H groups in total.